The third kappa shape index (κ3) is 3.50. The van der Waals surface area contributed by atoms with Crippen LogP contribution in [0.2, 0.25) is 0 Å². The molecule has 1 aromatic rings. The zero-order valence-corrected chi connectivity index (χ0v) is 11.5. The molecule has 1 fully saturated rings. The Kier molecular flexibility index (Phi) is 3.85. The highest BCUT2D eigenvalue weighted by Crippen LogP contribution is 2.27. The molecule has 0 radical (unpaired) electrons. The van der Waals surface area contributed by atoms with E-state index in [1.54, 1.807) is 0 Å². The molecule has 94 valence electrons. The van der Waals surface area contributed by atoms with Crippen LogP contribution in [0.4, 0.5) is 4.39 Å². The molecule has 2 rings (SSSR count). The molecule has 1 heterocycles. The smallest absolute Gasteiger partial charge is 0.124 e. The van der Waals surface area contributed by atoms with Gasteiger partial charge in [0.2, 0.25) is 0 Å². The second-order valence-electron chi connectivity index (χ2n) is 4.98. The molecule has 4 heteroatoms. The maximum atomic E-state index is 13.2. The summed E-state index contributed by atoms with van der Waals surface area (Å²) in [5, 5.41) is 10.5. The number of nitrogens with zero attached hydrogens (tertiary/aromatic N) is 1. The molecular weight excluding hydrogens is 285 g/mol. The molecule has 1 aromatic carbocycles. The highest BCUT2D eigenvalue weighted by molar-refractivity contribution is 9.10. The van der Waals surface area contributed by atoms with Crippen LogP contribution in [0.15, 0.2) is 22.7 Å². The highest BCUT2D eigenvalue weighted by Gasteiger charge is 2.31. The number of likely N-dealkylation sites (tertiary alicyclic amines) is 1. The van der Waals surface area contributed by atoms with Crippen molar-refractivity contribution in [3.63, 3.8) is 0 Å². The Balaban J connectivity index is 2.09. The third-order valence-corrected chi connectivity index (χ3v) is 3.83. The van der Waals surface area contributed by atoms with E-state index in [0.29, 0.717) is 6.42 Å². The van der Waals surface area contributed by atoms with Crippen molar-refractivity contribution in [2.45, 2.75) is 24.9 Å². The lowest BCUT2D eigenvalue weighted by Gasteiger charge is -2.36. The number of rotatable bonds is 2. The molecule has 0 saturated carbocycles. The minimum Gasteiger partial charge on any atom is -0.389 e. The molecule has 0 atom stereocenters. The molecule has 2 nitrogen and oxygen atoms in total. The van der Waals surface area contributed by atoms with Crippen molar-refractivity contribution in [3.05, 3.63) is 34.1 Å². The van der Waals surface area contributed by atoms with Gasteiger partial charge in [0.15, 0.2) is 0 Å². The van der Waals surface area contributed by atoms with Crippen LogP contribution in [0.25, 0.3) is 0 Å². The maximum Gasteiger partial charge on any atom is 0.124 e. The van der Waals surface area contributed by atoms with Crippen molar-refractivity contribution in [2.75, 3.05) is 20.1 Å². The van der Waals surface area contributed by atoms with Crippen LogP contribution in [-0.4, -0.2) is 35.7 Å². The molecule has 0 spiro atoms. The van der Waals surface area contributed by atoms with Crippen molar-refractivity contribution in [1.82, 2.24) is 4.90 Å². The second-order valence-corrected chi connectivity index (χ2v) is 5.90. The predicted octanol–water partition coefficient (Wildman–Crippen LogP) is 2.59. The Hall–Kier alpha value is -0.450. The molecule has 1 N–H and O–H groups in total. The second kappa shape index (κ2) is 5.04. The van der Waals surface area contributed by atoms with E-state index in [1.807, 2.05) is 6.07 Å². The monoisotopic (exact) mass is 301 g/mol. The average Bonchev–Trinajstić information content (AvgIpc) is 2.21. The zero-order valence-electron chi connectivity index (χ0n) is 9.92. The topological polar surface area (TPSA) is 23.5 Å². The Bertz CT molecular complexity index is 382. The summed E-state index contributed by atoms with van der Waals surface area (Å²) >= 11 is 3.28. The Morgan fingerprint density at radius 3 is 2.59 bits per heavy atom. The standard InChI is InChI=1S/C13H17BrFNO/c1-16-4-2-13(17,3-5-16)9-10-6-11(14)8-12(15)7-10/h6-8,17H,2-5,9H2,1H3. The third-order valence-electron chi connectivity index (χ3n) is 3.37. The molecular formula is C13H17BrFNO. The van der Waals surface area contributed by atoms with E-state index < -0.39 is 5.60 Å². The molecule has 0 aromatic heterocycles. The number of benzene rings is 1. The lowest BCUT2D eigenvalue weighted by Crippen LogP contribution is -2.44. The molecule has 0 amide bonds. The summed E-state index contributed by atoms with van der Waals surface area (Å²) < 4.78 is 14.0. The SMILES string of the molecule is CN1CCC(O)(Cc2cc(F)cc(Br)c2)CC1. The number of halogens is 2. The van der Waals surface area contributed by atoms with Gasteiger partial charge >= 0.3 is 0 Å². The van der Waals surface area contributed by atoms with Gasteiger partial charge < -0.3 is 10.0 Å². The Labute approximate surface area is 110 Å². The minimum absolute atomic E-state index is 0.258. The van der Waals surface area contributed by atoms with Crippen molar-refractivity contribution >= 4 is 15.9 Å². The highest BCUT2D eigenvalue weighted by atomic mass is 79.9. The number of aliphatic hydroxyl groups is 1. The quantitative estimate of drug-likeness (QED) is 0.908. The van der Waals surface area contributed by atoms with Crippen LogP contribution in [0, 0.1) is 5.82 Å². The minimum atomic E-state index is -0.681. The Morgan fingerprint density at radius 2 is 2.00 bits per heavy atom. The molecule has 0 aliphatic carbocycles. The first-order chi connectivity index (χ1) is 7.97. The van der Waals surface area contributed by atoms with Crippen molar-refractivity contribution < 1.29 is 9.50 Å². The van der Waals surface area contributed by atoms with E-state index >= 15 is 0 Å². The number of hydrogen-bond acceptors (Lipinski definition) is 2. The van der Waals surface area contributed by atoms with Crippen LogP contribution in [0.5, 0.6) is 0 Å². The van der Waals surface area contributed by atoms with Gasteiger partial charge in [-0.2, -0.15) is 0 Å². The molecule has 0 bridgehead atoms. The van der Waals surface area contributed by atoms with Crippen LogP contribution in [0.3, 0.4) is 0 Å². The fourth-order valence-corrected chi connectivity index (χ4v) is 2.82. The lowest BCUT2D eigenvalue weighted by atomic mass is 9.85. The first-order valence-electron chi connectivity index (χ1n) is 5.83. The summed E-state index contributed by atoms with van der Waals surface area (Å²) in [4.78, 5) is 2.20. The van der Waals surface area contributed by atoms with Crippen LogP contribution < -0.4 is 0 Å². The van der Waals surface area contributed by atoms with E-state index in [1.165, 1.54) is 12.1 Å². The van der Waals surface area contributed by atoms with Gasteiger partial charge in [-0.3, -0.25) is 0 Å². The number of hydrogen-bond donors (Lipinski definition) is 1. The summed E-state index contributed by atoms with van der Waals surface area (Å²) in [6.07, 6.45) is 2.02. The van der Waals surface area contributed by atoms with E-state index in [0.717, 1.165) is 36.0 Å². The summed E-state index contributed by atoms with van der Waals surface area (Å²) in [5.74, 6) is -0.258. The summed E-state index contributed by atoms with van der Waals surface area (Å²) in [6.45, 7) is 1.79. The normalized spacial score (nSPS) is 20.5. The lowest BCUT2D eigenvalue weighted by molar-refractivity contribution is -0.0150. The average molecular weight is 302 g/mol. The van der Waals surface area contributed by atoms with E-state index in [9.17, 15) is 9.50 Å². The van der Waals surface area contributed by atoms with Gasteiger partial charge in [-0.05, 0) is 43.7 Å². The van der Waals surface area contributed by atoms with Gasteiger partial charge in [-0.15, -0.1) is 0 Å². The van der Waals surface area contributed by atoms with E-state index in [-0.39, 0.29) is 5.82 Å². The first-order valence-corrected chi connectivity index (χ1v) is 6.62. The van der Waals surface area contributed by atoms with Gasteiger partial charge in [-0.1, -0.05) is 15.9 Å². The van der Waals surface area contributed by atoms with E-state index in [2.05, 4.69) is 27.9 Å². The predicted molar refractivity (Wildman–Crippen MR) is 69.5 cm³/mol. The largest absolute Gasteiger partial charge is 0.389 e. The van der Waals surface area contributed by atoms with Gasteiger partial charge in [0.05, 0.1) is 5.60 Å². The zero-order chi connectivity index (χ0) is 12.5. The molecule has 0 unspecified atom stereocenters. The summed E-state index contributed by atoms with van der Waals surface area (Å²) in [5.41, 5.74) is 0.170. The van der Waals surface area contributed by atoms with E-state index in [4.69, 9.17) is 0 Å². The summed E-state index contributed by atoms with van der Waals surface area (Å²) in [7, 11) is 2.05. The molecule has 17 heavy (non-hydrogen) atoms. The van der Waals surface area contributed by atoms with Gasteiger partial charge in [0.25, 0.3) is 0 Å². The van der Waals surface area contributed by atoms with Crippen LogP contribution in [-0.2, 0) is 6.42 Å². The first kappa shape index (κ1) is 13.0. The van der Waals surface area contributed by atoms with Crippen LogP contribution in [0.1, 0.15) is 18.4 Å². The van der Waals surface area contributed by atoms with Gasteiger partial charge in [0, 0.05) is 24.0 Å². The van der Waals surface area contributed by atoms with Crippen molar-refractivity contribution in [1.29, 1.82) is 0 Å². The van der Waals surface area contributed by atoms with Gasteiger partial charge in [-0.25, -0.2) is 4.39 Å². The van der Waals surface area contributed by atoms with Crippen molar-refractivity contribution in [2.24, 2.45) is 0 Å². The molecule has 1 aliphatic rings. The Morgan fingerprint density at radius 1 is 1.35 bits per heavy atom. The van der Waals surface area contributed by atoms with Crippen LogP contribution >= 0.6 is 15.9 Å². The fraction of sp³-hybridized carbons (Fsp3) is 0.538. The molecule has 1 saturated heterocycles. The number of piperidine rings is 1. The van der Waals surface area contributed by atoms with Gasteiger partial charge in [0.1, 0.15) is 5.82 Å². The molecule has 1 aliphatic heterocycles. The van der Waals surface area contributed by atoms with Crippen molar-refractivity contribution in [3.8, 4) is 0 Å². The fourth-order valence-electron chi connectivity index (χ4n) is 2.30. The maximum absolute atomic E-state index is 13.2. The summed E-state index contributed by atoms with van der Waals surface area (Å²) in [6, 6.07) is 4.81.